The molecule has 0 aliphatic heterocycles. The highest BCUT2D eigenvalue weighted by Crippen LogP contribution is 2.06. The van der Waals surface area contributed by atoms with Gasteiger partial charge in [0.25, 0.3) is 0 Å². The molecule has 0 saturated carbocycles. The summed E-state index contributed by atoms with van der Waals surface area (Å²) in [7, 11) is 0. The predicted molar refractivity (Wildman–Crippen MR) is 66.3 cm³/mol. The molecule has 16 heavy (non-hydrogen) atoms. The summed E-state index contributed by atoms with van der Waals surface area (Å²) in [5, 5.41) is 11.5. The number of hydrogen-bond donors (Lipinski definition) is 1. The van der Waals surface area contributed by atoms with E-state index >= 15 is 0 Å². The first-order valence-electron chi connectivity index (χ1n) is 6.29. The third-order valence-corrected chi connectivity index (χ3v) is 3.33. The van der Waals surface area contributed by atoms with Crippen molar-refractivity contribution in [3.63, 3.8) is 0 Å². The summed E-state index contributed by atoms with van der Waals surface area (Å²) in [6.07, 6.45) is 3.98. The molecule has 2 unspecified atom stereocenters. The molecule has 0 spiro atoms. The molecule has 0 radical (unpaired) electrons. The minimum absolute atomic E-state index is 0.576. The van der Waals surface area contributed by atoms with E-state index in [2.05, 4.69) is 47.8 Å². The largest absolute Gasteiger partial charge is 0.316 e. The van der Waals surface area contributed by atoms with Crippen LogP contribution in [0.5, 0.6) is 0 Å². The number of rotatable bonds is 7. The molecule has 0 amide bonds. The Labute approximate surface area is 98.5 Å². The lowest BCUT2D eigenvalue weighted by atomic mass is 10.0. The Balaban J connectivity index is 2.30. The second-order valence-corrected chi connectivity index (χ2v) is 4.42. The van der Waals surface area contributed by atoms with E-state index in [9.17, 15) is 0 Å². The van der Waals surface area contributed by atoms with Crippen LogP contribution in [-0.2, 0) is 13.0 Å². The van der Waals surface area contributed by atoms with Crippen LogP contribution >= 0.6 is 0 Å². The highest BCUT2D eigenvalue weighted by molar-refractivity contribution is 4.84. The first kappa shape index (κ1) is 13.2. The van der Waals surface area contributed by atoms with E-state index in [1.807, 2.05) is 6.33 Å². The number of nitrogens with zero attached hydrogens (tertiary/aromatic N) is 3. The van der Waals surface area contributed by atoms with Gasteiger partial charge in [-0.2, -0.15) is 0 Å². The van der Waals surface area contributed by atoms with Crippen LogP contribution < -0.4 is 5.32 Å². The highest BCUT2D eigenvalue weighted by Gasteiger charge is 2.09. The molecular weight excluding hydrogens is 200 g/mol. The summed E-state index contributed by atoms with van der Waals surface area (Å²) < 4.78 is 2.12. The quantitative estimate of drug-likeness (QED) is 0.769. The smallest absolute Gasteiger partial charge is 0.132 e. The van der Waals surface area contributed by atoms with E-state index in [1.54, 1.807) is 0 Å². The normalized spacial score (nSPS) is 15.0. The van der Waals surface area contributed by atoms with E-state index < -0.39 is 0 Å². The van der Waals surface area contributed by atoms with Gasteiger partial charge >= 0.3 is 0 Å². The maximum Gasteiger partial charge on any atom is 0.132 e. The molecule has 4 heteroatoms. The molecule has 4 nitrogen and oxygen atoms in total. The Morgan fingerprint density at radius 3 is 2.75 bits per heavy atom. The van der Waals surface area contributed by atoms with Gasteiger partial charge in [-0.1, -0.05) is 27.2 Å². The summed E-state index contributed by atoms with van der Waals surface area (Å²) in [5.41, 5.74) is 0. The van der Waals surface area contributed by atoms with E-state index in [4.69, 9.17) is 0 Å². The van der Waals surface area contributed by atoms with Crippen molar-refractivity contribution in [1.29, 1.82) is 0 Å². The molecule has 0 fully saturated rings. The molecule has 1 N–H and O–H groups in total. The van der Waals surface area contributed by atoms with Crippen LogP contribution in [0.2, 0.25) is 0 Å². The van der Waals surface area contributed by atoms with Gasteiger partial charge in [0.15, 0.2) is 0 Å². The second kappa shape index (κ2) is 6.63. The van der Waals surface area contributed by atoms with Crippen molar-refractivity contribution < 1.29 is 0 Å². The third kappa shape index (κ3) is 3.59. The van der Waals surface area contributed by atoms with Gasteiger partial charge < -0.3 is 9.88 Å². The Hall–Kier alpha value is -0.900. The lowest BCUT2D eigenvalue weighted by Gasteiger charge is -2.20. The Kier molecular flexibility index (Phi) is 5.46. The topological polar surface area (TPSA) is 42.7 Å². The first-order valence-corrected chi connectivity index (χ1v) is 6.29. The SMILES string of the molecule is CCc1nncn1CCNC(C)C(C)CC. The Morgan fingerprint density at radius 2 is 2.12 bits per heavy atom. The maximum atomic E-state index is 4.07. The van der Waals surface area contributed by atoms with Crippen LogP contribution in [0.25, 0.3) is 0 Å². The summed E-state index contributed by atoms with van der Waals surface area (Å²) in [4.78, 5) is 0. The molecule has 1 heterocycles. The lowest BCUT2D eigenvalue weighted by molar-refractivity contribution is 0.382. The molecule has 0 aromatic carbocycles. The van der Waals surface area contributed by atoms with Gasteiger partial charge in [-0.05, 0) is 12.8 Å². The van der Waals surface area contributed by atoms with Gasteiger partial charge in [0.05, 0.1) is 0 Å². The van der Waals surface area contributed by atoms with Gasteiger partial charge in [-0.25, -0.2) is 0 Å². The van der Waals surface area contributed by atoms with Crippen LogP contribution in [0.15, 0.2) is 6.33 Å². The fourth-order valence-electron chi connectivity index (χ4n) is 1.71. The summed E-state index contributed by atoms with van der Waals surface area (Å²) >= 11 is 0. The fourth-order valence-corrected chi connectivity index (χ4v) is 1.71. The zero-order chi connectivity index (χ0) is 12.0. The molecular formula is C12H24N4. The zero-order valence-electron chi connectivity index (χ0n) is 10.9. The monoisotopic (exact) mass is 224 g/mol. The predicted octanol–water partition coefficient (Wildman–Crippen LogP) is 1.86. The van der Waals surface area contributed by atoms with Gasteiger partial charge in [-0.3, -0.25) is 0 Å². The van der Waals surface area contributed by atoms with Crippen LogP contribution in [0.1, 0.15) is 39.9 Å². The number of aryl methyl sites for hydroxylation is 1. The average Bonchev–Trinajstić information content (AvgIpc) is 2.75. The number of aromatic nitrogens is 3. The minimum atomic E-state index is 0.576. The number of nitrogens with one attached hydrogen (secondary N) is 1. The molecule has 0 saturated heterocycles. The van der Waals surface area contributed by atoms with Gasteiger partial charge in [0.1, 0.15) is 12.2 Å². The van der Waals surface area contributed by atoms with Crippen LogP contribution in [-0.4, -0.2) is 27.4 Å². The van der Waals surface area contributed by atoms with Crippen molar-refractivity contribution in [2.45, 2.75) is 53.1 Å². The van der Waals surface area contributed by atoms with Crippen molar-refractivity contribution >= 4 is 0 Å². The standard InChI is InChI=1S/C12H24N4/c1-5-10(3)11(4)13-7-8-16-9-14-15-12(16)6-2/h9-11,13H,5-8H2,1-4H3. The van der Waals surface area contributed by atoms with Crippen LogP contribution in [0.4, 0.5) is 0 Å². The maximum absolute atomic E-state index is 4.07. The minimum Gasteiger partial charge on any atom is -0.316 e. The lowest BCUT2D eigenvalue weighted by Crippen LogP contribution is -2.34. The van der Waals surface area contributed by atoms with Crippen molar-refractivity contribution in [1.82, 2.24) is 20.1 Å². The zero-order valence-corrected chi connectivity index (χ0v) is 10.9. The fraction of sp³-hybridized carbons (Fsp3) is 0.833. The molecule has 0 aliphatic carbocycles. The van der Waals surface area contributed by atoms with Gasteiger partial charge in [-0.15, -0.1) is 10.2 Å². The van der Waals surface area contributed by atoms with Crippen molar-refractivity contribution in [3.05, 3.63) is 12.2 Å². The van der Waals surface area contributed by atoms with Crippen molar-refractivity contribution in [3.8, 4) is 0 Å². The van der Waals surface area contributed by atoms with Crippen LogP contribution in [0.3, 0.4) is 0 Å². The van der Waals surface area contributed by atoms with Crippen molar-refractivity contribution in [2.75, 3.05) is 6.54 Å². The Bertz CT molecular complexity index is 295. The molecule has 1 rings (SSSR count). The summed E-state index contributed by atoms with van der Waals surface area (Å²) in [5.74, 6) is 1.80. The van der Waals surface area contributed by atoms with Crippen molar-refractivity contribution in [2.24, 2.45) is 5.92 Å². The first-order chi connectivity index (χ1) is 7.69. The average molecular weight is 224 g/mol. The Morgan fingerprint density at radius 1 is 1.38 bits per heavy atom. The molecule has 2 atom stereocenters. The van der Waals surface area contributed by atoms with Gasteiger partial charge in [0, 0.05) is 25.6 Å². The third-order valence-electron chi connectivity index (χ3n) is 3.33. The molecule has 92 valence electrons. The summed E-state index contributed by atoms with van der Waals surface area (Å²) in [6.45, 7) is 10.8. The molecule has 1 aromatic rings. The summed E-state index contributed by atoms with van der Waals surface area (Å²) in [6, 6.07) is 0.576. The van der Waals surface area contributed by atoms with Gasteiger partial charge in [0.2, 0.25) is 0 Å². The van der Waals surface area contributed by atoms with E-state index in [0.717, 1.165) is 31.3 Å². The van der Waals surface area contributed by atoms with Crippen LogP contribution in [0, 0.1) is 5.92 Å². The van der Waals surface area contributed by atoms with E-state index in [1.165, 1.54) is 6.42 Å². The molecule has 0 aliphatic rings. The van der Waals surface area contributed by atoms with E-state index in [-0.39, 0.29) is 0 Å². The molecule has 1 aromatic heterocycles. The number of hydrogen-bond acceptors (Lipinski definition) is 3. The molecule has 0 bridgehead atoms. The van der Waals surface area contributed by atoms with E-state index in [0.29, 0.717) is 6.04 Å². The highest BCUT2D eigenvalue weighted by atomic mass is 15.3. The second-order valence-electron chi connectivity index (χ2n) is 4.42.